The normalized spacial score (nSPS) is 10.7. The van der Waals surface area contributed by atoms with Crippen LogP contribution in [0.3, 0.4) is 0 Å². The van der Waals surface area contributed by atoms with E-state index in [0.717, 1.165) is 0 Å². The molecular formula is C21H19N2O6-. The minimum Gasteiger partial charge on any atom is -0.550 e. The Kier molecular flexibility index (Phi) is 7.67. The molecule has 0 saturated heterocycles. The molecule has 0 fully saturated rings. The van der Waals surface area contributed by atoms with Crippen molar-refractivity contribution in [1.82, 2.24) is 10.6 Å². The Morgan fingerprint density at radius 1 is 1.00 bits per heavy atom. The SMILES string of the molecule is CC(=O)Oc1ccc(/C=C(/NC(=O)c2ccccc2)C(=O)NCCC(=O)[O-])cc1. The van der Waals surface area contributed by atoms with Gasteiger partial charge in [-0.3, -0.25) is 14.4 Å². The molecule has 2 rings (SSSR count). The van der Waals surface area contributed by atoms with E-state index in [-0.39, 0.29) is 18.7 Å². The van der Waals surface area contributed by atoms with E-state index >= 15 is 0 Å². The number of aliphatic carboxylic acids is 1. The van der Waals surface area contributed by atoms with Crippen molar-refractivity contribution in [1.29, 1.82) is 0 Å². The lowest BCUT2D eigenvalue weighted by atomic mass is 10.1. The number of esters is 1. The van der Waals surface area contributed by atoms with Crippen LogP contribution in [0.1, 0.15) is 29.3 Å². The van der Waals surface area contributed by atoms with Gasteiger partial charge < -0.3 is 25.3 Å². The quantitative estimate of drug-likeness (QED) is 0.384. The first-order valence-corrected chi connectivity index (χ1v) is 8.70. The van der Waals surface area contributed by atoms with Gasteiger partial charge in [0.1, 0.15) is 11.4 Å². The van der Waals surface area contributed by atoms with Gasteiger partial charge in [-0.05, 0) is 35.9 Å². The molecule has 29 heavy (non-hydrogen) atoms. The van der Waals surface area contributed by atoms with Crippen LogP contribution >= 0.6 is 0 Å². The number of benzene rings is 2. The van der Waals surface area contributed by atoms with Gasteiger partial charge >= 0.3 is 5.97 Å². The molecule has 0 aromatic heterocycles. The van der Waals surface area contributed by atoms with Gasteiger partial charge in [0.2, 0.25) is 0 Å². The number of carbonyl (C=O) groups is 4. The zero-order valence-electron chi connectivity index (χ0n) is 15.6. The third-order valence-electron chi connectivity index (χ3n) is 3.60. The van der Waals surface area contributed by atoms with E-state index in [1.165, 1.54) is 25.1 Å². The molecule has 2 aromatic rings. The van der Waals surface area contributed by atoms with Crippen molar-refractivity contribution in [3.8, 4) is 5.75 Å². The molecule has 8 nitrogen and oxygen atoms in total. The second kappa shape index (κ2) is 10.4. The summed E-state index contributed by atoms with van der Waals surface area (Å²) in [4.78, 5) is 46.4. The zero-order chi connectivity index (χ0) is 21.2. The van der Waals surface area contributed by atoms with Crippen LogP contribution in [-0.4, -0.2) is 30.3 Å². The number of amides is 2. The second-order valence-electron chi connectivity index (χ2n) is 5.92. The lowest BCUT2D eigenvalue weighted by Crippen LogP contribution is -2.37. The van der Waals surface area contributed by atoms with Crippen molar-refractivity contribution < 1.29 is 29.0 Å². The lowest BCUT2D eigenvalue weighted by Gasteiger charge is -2.12. The zero-order valence-corrected chi connectivity index (χ0v) is 15.6. The van der Waals surface area contributed by atoms with Crippen LogP contribution in [0.25, 0.3) is 6.08 Å². The summed E-state index contributed by atoms with van der Waals surface area (Å²) in [5.41, 5.74) is 0.836. The van der Waals surface area contributed by atoms with Gasteiger partial charge in [-0.25, -0.2) is 0 Å². The van der Waals surface area contributed by atoms with E-state index in [2.05, 4.69) is 10.6 Å². The minimum atomic E-state index is -1.30. The number of ether oxygens (including phenoxy) is 1. The Morgan fingerprint density at radius 3 is 2.24 bits per heavy atom. The smallest absolute Gasteiger partial charge is 0.308 e. The molecule has 2 N–H and O–H groups in total. The van der Waals surface area contributed by atoms with Crippen LogP contribution in [0.4, 0.5) is 0 Å². The van der Waals surface area contributed by atoms with Crippen LogP contribution in [0, 0.1) is 0 Å². The lowest BCUT2D eigenvalue weighted by molar-refractivity contribution is -0.305. The summed E-state index contributed by atoms with van der Waals surface area (Å²) in [7, 11) is 0. The maximum absolute atomic E-state index is 12.4. The van der Waals surface area contributed by atoms with Crippen LogP contribution in [0.15, 0.2) is 60.3 Å². The Balaban J connectivity index is 2.21. The third kappa shape index (κ3) is 7.30. The molecule has 150 valence electrons. The van der Waals surface area contributed by atoms with Crippen LogP contribution in [0.2, 0.25) is 0 Å². The van der Waals surface area contributed by atoms with Crippen LogP contribution in [0.5, 0.6) is 5.75 Å². The van der Waals surface area contributed by atoms with Gasteiger partial charge in [0.15, 0.2) is 0 Å². The van der Waals surface area contributed by atoms with Gasteiger partial charge in [-0.1, -0.05) is 30.3 Å². The summed E-state index contributed by atoms with van der Waals surface area (Å²) in [6.45, 7) is 1.13. The summed E-state index contributed by atoms with van der Waals surface area (Å²) in [6, 6.07) is 14.6. The van der Waals surface area contributed by atoms with Crippen molar-refractivity contribution in [3.05, 3.63) is 71.4 Å². The Labute approximate surface area is 167 Å². The number of nitrogens with one attached hydrogen (secondary N) is 2. The molecule has 0 spiro atoms. The molecule has 0 aliphatic carbocycles. The number of hydrogen-bond acceptors (Lipinski definition) is 6. The Hall–Kier alpha value is -3.94. The molecule has 0 radical (unpaired) electrons. The van der Waals surface area contributed by atoms with E-state index < -0.39 is 23.8 Å². The topological polar surface area (TPSA) is 125 Å². The first kappa shape index (κ1) is 21.4. The summed E-state index contributed by atoms with van der Waals surface area (Å²) in [5.74, 6) is -2.58. The third-order valence-corrected chi connectivity index (χ3v) is 3.60. The molecule has 0 aliphatic heterocycles. The van der Waals surface area contributed by atoms with Gasteiger partial charge in [0, 0.05) is 31.4 Å². The fraction of sp³-hybridized carbons (Fsp3) is 0.143. The van der Waals surface area contributed by atoms with E-state index in [4.69, 9.17) is 4.74 Å². The average Bonchev–Trinajstić information content (AvgIpc) is 2.68. The Morgan fingerprint density at radius 2 is 1.66 bits per heavy atom. The van der Waals surface area contributed by atoms with E-state index in [1.807, 2.05) is 0 Å². The first-order chi connectivity index (χ1) is 13.8. The van der Waals surface area contributed by atoms with Crippen molar-refractivity contribution in [3.63, 3.8) is 0 Å². The molecular weight excluding hydrogens is 376 g/mol. The molecule has 0 aliphatic rings. The van der Waals surface area contributed by atoms with Gasteiger partial charge in [0.05, 0.1) is 0 Å². The van der Waals surface area contributed by atoms with Crippen LogP contribution in [-0.2, 0) is 14.4 Å². The molecule has 0 atom stereocenters. The first-order valence-electron chi connectivity index (χ1n) is 8.70. The number of carbonyl (C=O) groups excluding carboxylic acids is 4. The molecule has 0 heterocycles. The van der Waals surface area contributed by atoms with Crippen molar-refractivity contribution >= 4 is 29.8 Å². The maximum Gasteiger partial charge on any atom is 0.308 e. The van der Waals surface area contributed by atoms with Crippen molar-refractivity contribution in [2.24, 2.45) is 0 Å². The fourth-order valence-corrected chi connectivity index (χ4v) is 2.28. The largest absolute Gasteiger partial charge is 0.550 e. The highest BCUT2D eigenvalue weighted by Crippen LogP contribution is 2.15. The standard InChI is InChI=1S/C21H20N2O6/c1-14(24)29-17-9-7-15(8-10-17)13-18(21(28)22-12-11-19(25)26)23-20(27)16-5-3-2-4-6-16/h2-10,13H,11-12H2,1H3,(H,22,28)(H,23,27)(H,25,26)/p-1/b18-13+. The summed E-state index contributed by atoms with van der Waals surface area (Å²) < 4.78 is 4.95. The van der Waals surface area contributed by atoms with Crippen molar-refractivity contribution in [2.45, 2.75) is 13.3 Å². The monoisotopic (exact) mass is 395 g/mol. The highest BCUT2D eigenvalue weighted by atomic mass is 16.5. The fourth-order valence-electron chi connectivity index (χ4n) is 2.28. The Bertz CT molecular complexity index is 920. The number of hydrogen-bond donors (Lipinski definition) is 2. The predicted octanol–water partition coefficient (Wildman–Crippen LogP) is 0.639. The summed E-state index contributed by atoms with van der Waals surface area (Å²) >= 11 is 0. The number of carboxylic acid groups (broad SMARTS) is 1. The highest BCUT2D eigenvalue weighted by Gasteiger charge is 2.14. The van der Waals surface area contributed by atoms with Crippen molar-refractivity contribution in [2.75, 3.05) is 6.54 Å². The van der Waals surface area contributed by atoms with Crippen LogP contribution < -0.4 is 20.5 Å². The summed E-state index contributed by atoms with van der Waals surface area (Å²) in [6.07, 6.45) is 1.06. The molecule has 0 unspecified atom stereocenters. The van der Waals surface area contributed by atoms with E-state index in [9.17, 15) is 24.3 Å². The van der Waals surface area contributed by atoms with Gasteiger partial charge in [0.25, 0.3) is 11.8 Å². The molecule has 0 saturated carbocycles. The average molecular weight is 395 g/mol. The second-order valence-corrected chi connectivity index (χ2v) is 5.92. The van der Waals surface area contributed by atoms with Gasteiger partial charge in [-0.15, -0.1) is 0 Å². The molecule has 8 heteroatoms. The molecule has 2 aromatic carbocycles. The molecule has 0 bridgehead atoms. The highest BCUT2D eigenvalue weighted by molar-refractivity contribution is 6.05. The van der Waals surface area contributed by atoms with E-state index in [1.54, 1.807) is 42.5 Å². The minimum absolute atomic E-state index is 0.0718. The van der Waals surface area contributed by atoms with E-state index in [0.29, 0.717) is 16.9 Å². The number of carboxylic acids is 1. The molecule has 2 amide bonds. The van der Waals surface area contributed by atoms with Gasteiger partial charge in [-0.2, -0.15) is 0 Å². The predicted molar refractivity (Wildman–Crippen MR) is 102 cm³/mol. The summed E-state index contributed by atoms with van der Waals surface area (Å²) in [5, 5.41) is 15.5. The maximum atomic E-state index is 12.4. The number of rotatable bonds is 8.